The van der Waals surface area contributed by atoms with Crippen LogP contribution in [0.1, 0.15) is 40.5 Å². The maximum atomic E-state index is 12.5. The summed E-state index contributed by atoms with van der Waals surface area (Å²) in [6.07, 6.45) is 0.803. The normalized spacial score (nSPS) is 10.1. The zero-order valence-corrected chi connectivity index (χ0v) is 15.6. The fraction of sp³-hybridized carbons (Fsp3) is 0.300. The van der Waals surface area contributed by atoms with Crippen molar-refractivity contribution in [3.8, 4) is 6.07 Å². The third kappa shape index (κ3) is 4.61. The molecule has 2 rings (SSSR count). The van der Waals surface area contributed by atoms with Gasteiger partial charge in [-0.25, -0.2) is 0 Å². The predicted molar refractivity (Wildman–Crippen MR) is 103 cm³/mol. The molecule has 7 nitrogen and oxygen atoms in total. The maximum absolute atomic E-state index is 12.5. The number of amides is 2. The number of carbonyl (C=O) groups excluding carboxylic acids is 2. The van der Waals surface area contributed by atoms with Crippen molar-refractivity contribution in [2.75, 3.05) is 11.9 Å². The van der Waals surface area contributed by atoms with Gasteiger partial charge in [0.1, 0.15) is 18.2 Å². The van der Waals surface area contributed by atoms with Gasteiger partial charge in [-0.2, -0.15) is 5.26 Å². The van der Waals surface area contributed by atoms with Crippen molar-refractivity contribution in [3.63, 3.8) is 0 Å². The number of pyridine rings is 1. The topological polar surface area (TPSA) is 104 Å². The molecule has 0 unspecified atom stereocenters. The van der Waals surface area contributed by atoms with Gasteiger partial charge in [0.15, 0.2) is 0 Å². The Morgan fingerprint density at radius 1 is 1.22 bits per heavy atom. The Hall–Kier alpha value is -3.40. The minimum atomic E-state index is -0.501. The van der Waals surface area contributed by atoms with Gasteiger partial charge >= 0.3 is 0 Å². The number of benzene rings is 1. The highest BCUT2D eigenvalue weighted by Gasteiger charge is 2.16. The van der Waals surface area contributed by atoms with Crippen LogP contribution in [0, 0.1) is 25.2 Å². The van der Waals surface area contributed by atoms with E-state index < -0.39 is 11.5 Å². The number of para-hydroxylation sites is 1. The molecule has 0 aliphatic carbocycles. The summed E-state index contributed by atoms with van der Waals surface area (Å²) >= 11 is 0. The number of nitrogens with one attached hydrogen (secondary N) is 2. The van der Waals surface area contributed by atoms with E-state index in [0.717, 1.165) is 6.42 Å². The molecule has 2 N–H and O–H groups in total. The lowest BCUT2D eigenvalue weighted by molar-refractivity contribution is -0.116. The molecule has 27 heavy (non-hydrogen) atoms. The van der Waals surface area contributed by atoms with Crippen molar-refractivity contribution in [3.05, 3.63) is 63.1 Å². The Bertz CT molecular complexity index is 970. The summed E-state index contributed by atoms with van der Waals surface area (Å²) in [7, 11) is 0. The van der Waals surface area contributed by atoms with E-state index in [2.05, 4.69) is 10.6 Å². The van der Waals surface area contributed by atoms with Gasteiger partial charge in [-0.05, 0) is 44.0 Å². The van der Waals surface area contributed by atoms with Gasteiger partial charge in [0.2, 0.25) is 5.91 Å². The molecule has 1 heterocycles. The van der Waals surface area contributed by atoms with Crippen molar-refractivity contribution in [1.29, 1.82) is 5.26 Å². The molecule has 0 fully saturated rings. The van der Waals surface area contributed by atoms with Gasteiger partial charge < -0.3 is 15.2 Å². The highest BCUT2D eigenvalue weighted by molar-refractivity contribution is 6.03. The lowest BCUT2D eigenvalue weighted by Crippen LogP contribution is -2.32. The molecule has 0 spiro atoms. The Kier molecular flexibility index (Phi) is 6.50. The van der Waals surface area contributed by atoms with Crippen LogP contribution in [0.2, 0.25) is 0 Å². The van der Waals surface area contributed by atoms with Crippen LogP contribution in [-0.2, 0) is 11.3 Å². The highest BCUT2D eigenvalue weighted by Crippen LogP contribution is 2.15. The average Bonchev–Trinajstić information content (AvgIpc) is 2.64. The molecule has 0 radical (unpaired) electrons. The molecule has 0 aliphatic heterocycles. The van der Waals surface area contributed by atoms with Gasteiger partial charge in [0, 0.05) is 12.2 Å². The third-order valence-corrected chi connectivity index (χ3v) is 4.10. The molecule has 1 aromatic heterocycles. The molecule has 0 bridgehead atoms. The number of hydrogen-bond donors (Lipinski definition) is 2. The number of nitrogens with zero attached hydrogens (tertiary/aromatic N) is 2. The smallest absolute Gasteiger partial charge is 0.269 e. The molecule has 2 amide bonds. The molecule has 0 atom stereocenters. The summed E-state index contributed by atoms with van der Waals surface area (Å²) in [5.41, 5.74) is 1.40. The van der Waals surface area contributed by atoms with E-state index in [0.29, 0.717) is 29.1 Å². The van der Waals surface area contributed by atoms with Crippen LogP contribution >= 0.6 is 0 Å². The second-order valence-corrected chi connectivity index (χ2v) is 6.20. The fourth-order valence-corrected chi connectivity index (χ4v) is 2.72. The first-order chi connectivity index (χ1) is 12.9. The first kappa shape index (κ1) is 19.9. The molecule has 0 saturated carbocycles. The van der Waals surface area contributed by atoms with E-state index in [1.54, 1.807) is 44.2 Å². The molecular formula is C20H22N4O3. The molecule has 0 aliphatic rings. The second kappa shape index (κ2) is 8.81. The van der Waals surface area contributed by atoms with Gasteiger partial charge in [0.05, 0.1) is 11.3 Å². The number of aryl methyl sites for hydroxylation is 2. The van der Waals surface area contributed by atoms with Crippen molar-refractivity contribution in [2.24, 2.45) is 0 Å². The molecule has 2 aromatic rings. The monoisotopic (exact) mass is 366 g/mol. The Balaban J connectivity index is 2.25. The van der Waals surface area contributed by atoms with E-state index in [1.807, 2.05) is 13.0 Å². The van der Waals surface area contributed by atoms with E-state index in [-0.39, 0.29) is 18.0 Å². The first-order valence-electron chi connectivity index (χ1n) is 8.67. The Morgan fingerprint density at radius 3 is 2.59 bits per heavy atom. The molecule has 1 aromatic carbocycles. The Labute approximate surface area is 157 Å². The van der Waals surface area contributed by atoms with Crippen LogP contribution in [0.15, 0.2) is 35.1 Å². The van der Waals surface area contributed by atoms with Gasteiger partial charge in [0.25, 0.3) is 11.5 Å². The van der Waals surface area contributed by atoms with E-state index in [1.165, 1.54) is 4.57 Å². The lowest BCUT2D eigenvalue weighted by Gasteiger charge is -2.14. The van der Waals surface area contributed by atoms with Crippen molar-refractivity contribution < 1.29 is 9.59 Å². The van der Waals surface area contributed by atoms with Crippen LogP contribution in [0.25, 0.3) is 0 Å². The van der Waals surface area contributed by atoms with Crippen molar-refractivity contribution in [2.45, 2.75) is 33.7 Å². The number of aromatic nitrogens is 1. The summed E-state index contributed by atoms with van der Waals surface area (Å²) in [6, 6.07) is 10.2. The van der Waals surface area contributed by atoms with Crippen LogP contribution in [0.3, 0.4) is 0 Å². The van der Waals surface area contributed by atoms with E-state index in [9.17, 15) is 14.4 Å². The van der Waals surface area contributed by atoms with Crippen LogP contribution in [0.5, 0.6) is 0 Å². The predicted octanol–water partition coefficient (Wildman–Crippen LogP) is 2.12. The summed E-state index contributed by atoms with van der Waals surface area (Å²) in [4.78, 5) is 37.1. The number of anilines is 1. The average molecular weight is 366 g/mol. The number of rotatable bonds is 6. The SMILES string of the molecule is CCCNC(=O)c1ccccc1NC(=O)Cn1c(C)cc(C)c(C#N)c1=O. The number of hydrogen-bond acceptors (Lipinski definition) is 4. The minimum Gasteiger partial charge on any atom is -0.352 e. The van der Waals surface area contributed by atoms with E-state index >= 15 is 0 Å². The zero-order chi connectivity index (χ0) is 20.0. The molecule has 0 saturated heterocycles. The molecule has 140 valence electrons. The summed E-state index contributed by atoms with van der Waals surface area (Å²) in [5, 5.41) is 14.6. The Morgan fingerprint density at radius 2 is 1.93 bits per heavy atom. The van der Waals surface area contributed by atoms with E-state index in [4.69, 9.17) is 5.26 Å². The summed E-state index contributed by atoms with van der Waals surface area (Å²) < 4.78 is 1.25. The lowest BCUT2D eigenvalue weighted by atomic mass is 10.1. The second-order valence-electron chi connectivity index (χ2n) is 6.20. The van der Waals surface area contributed by atoms with Crippen LogP contribution in [-0.4, -0.2) is 22.9 Å². The van der Waals surface area contributed by atoms with Gasteiger partial charge in [-0.3, -0.25) is 14.4 Å². The fourth-order valence-electron chi connectivity index (χ4n) is 2.72. The van der Waals surface area contributed by atoms with Crippen LogP contribution in [0.4, 0.5) is 5.69 Å². The highest BCUT2D eigenvalue weighted by atomic mass is 16.2. The van der Waals surface area contributed by atoms with Crippen molar-refractivity contribution >= 4 is 17.5 Å². The summed E-state index contributed by atoms with van der Waals surface area (Å²) in [6.45, 7) is 5.63. The molecular weight excluding hydrogens is 344 g/mol. The standard InChI is InChI=1S/C20H22N4O3/c1-4-9-22-19(26)15-7-5-6-8-17(15)23-18(25)12-24-14(3)10-13(2)16(11-21)20(24)27/h5-8,10H,4,9,12H2,1-3H3,(H,22,26)(H,23,25). The number of nitriles is 1. The van der Waals surface area contributed by atoms with Crippen molar-refractivity contribution in [1.82, 2.24) is 9.88 Å². The maximum Gasteiger partial charge on any atom is 0.269 e. The van der Waals surface area contributed by atoms with Gasteiger partial charge in [-0.1, -0.05) is 19.1 Å². The minimum absolute atomic E-state index is 0.0211. The third-order valence-electron chi connectivity index (χ3n) is 4.10. The number of carbonyl (C=O) groups is 2. The molecule has 7 heteroatoms. The van der Waals surface area contributed by atoms with Gasteiger partial charge in [-0.15, -0.1) is 0 Å². The largest absolute Gasteiger partial charge is 0.352 e. The van der Waals surface area contributed by atoms with Crippen LogP contribution < -0.4 is 16.2 Å². The first-order valence-corrected chi connectivity index (χ1v) is 8.67. The summed E-state index contributed by atoms with van der Waals surface area (Å²) in [5.74, 6) is -0.730. The quantitative estimate of drug-likeness (QED) is 0.817. The zero-order valence-electron chi connectivity index (χ0n) is 15.6.